The fraction of sp³-hybridized carbons (Fsp3) is 0.238. The highest BCUT2D eigenvalue weighted by atomic mass is 35.5. The van der Waals surface area contributed by atoms with Crippen LogP contribution in [0.1, 0.15) is 42.9 Å². The standard InChI is InChI=1S/C21H19ClF3NO/c1-2-13-20(24)16(9-17(23)21(13)25)15(10-19(27)11-4-3-5-11)14-7-6-12(22)8-18(14)26/h6-10,27H,2-5,26H2,1H3/b15-10-. The van der Waals surface area contributed by atoms with Gasteiger partial charge in [-0.1, -0.05) is 24.6 Å². The summed E-state index contributed by atoms with van der Waals surface area (Å²) in [4.78, 5) is 0. The lowest BCUT2D eigenvalue weighted by Crippen LogP contribution is -2.06. The molecule has 1 aliphatic carbocycles. The molecule has 3 N–H and O–H groups in total. The van der Waals surface area contributed by atoms with Gasteiger partial charge >= 0.3 is 0 Å². The van der Waals surface area contributed by atoms with Crippen LogP contribution < -0.4 is 5.73 Å². The van der Waals surface area contributed by atoms with Gasteiger partial charge in [-0.15, -0.1) is 0 Å². The molecule has 6 heteroatoms. The number of allylic oxidation sites excluding steroid dienone is 2. The van der Waals surface area contributed by atoms with Gasteiger partial charge in [-0.2, -0.15) is 0 Å². The molecule has 1 saturated carbocycles. The lowest BCUT2D eigenvalue weighted by atomic mass is 9.88. The molecular formula is C21H19ClF3NO. The summed E-state index contributed by atoms with van der Waals surface area (Å²) in [6.45, 7) is 1.54. The number of rotatable bonds is 4. The van der Waals surface area contributed by atoms with Crippen molar-refractivity contribution in [3.05, 3.63) is 80.8 Å². The first-order chi connectivity index (χ1) is 12.8. The molecule has 0 atom stereocenters. The average Bonchev–Trinajstić information content (AvgIpc) is 2.56. The minimum Gasteiger partial charge on any atom is -0.508 e. The number of anilines is 1. The van der Waals surface area contributed by atoms with Crippen LogP contribution in [-0.2, 0) is 6.42 Å². The van der Waals surface area contributed by atoms with Gasteiger partial charge in [0.05, 0.1) is 0 Å². The third-order valence-electron chi connectivity index (χ3n) is 4.80. The van der Waals surface area contributed by atoms with Gasteiger partial charge in [0, 0.05) is 27.4 Å². The molecule has 1 aliphatic rings. The number of nitrogen functional groups attached to an aromatic ring is 1. The van der Waals surface area contributed by atoms with Crippen LogP contribution in [0.15, 0.2) is 41.7 Å². The lowest BCUT2D eigenvalue weighted by molar-refractivity contribution is 0.407. The Morgan fingerprint density at radius 1 is 1.15 bits per heavy atom. The van der Waals surface area contributed by atoms with Crippen LogP contribution in [-0.4, -0.2) is 5.11 Å². The lowest BCUT2D eigenvalue weighted by Gasteiger charge is -2.19. The molecule has 0 heterocycles. The van der Waals surface area contributed by atoms with Crippen LogP contribution in [0.25, 0.3) is 5.57 Å². The van der Waals surface area contributed by atoms with E-state index in [0.29, 0.717) is 10.6 Å². The predicted molar refractivity (Wildman–Crippen MR) is 102 cm³/mol. The molecule has 0 radical (unpaired) electrons. The molecule has 27 heavy (non-hydrogen) atoms. The van der Waals surface area contributed by atoms with Gasteiger partial charge < -0.3 is 10.8 Å². The molecule has 0 spiro atoms. The molecule has 2 nitrogen and oxygen atoms in total. The second-order valence-electron chi connectivity index (χ2n) is 6.50. The number of aliphatic hydroxyl groups excluding tert-OH is 1. The Balaban J connectivity index is 2.28. The Bertz CT molecular complexity index is 960. The van der Waals surface area contributed by atoms with Gasteiger partial charge in [-0.05, 0) is 61.1 Å². The van der Waals surface area contributed by atoms with E-state index in [0.717, 1.165) is 30.9 Å². The smallest absolute Gasteiger partial charge is 0.164 e. The quantitative estimate of drug-likeness (QED) is 0.362. The van der Waals surface area contributed by atoms with E-state index in [4.69, 9.17) is 17.3 Å². The summed E-state index contributed by atoms with van der Waals surface area (Å²) in [5.41, 5.74) is 7.14. The third-order valence-corrected chi connectivity index (χ3v) is 5.03. The third kappa shape index (κ3) is 3.69. The zero-order chi connectivity index (χ0) is 19.7. The van der Waals surface area contributed by atoms with E-state index in [1.54, 1.807) is 19.1 Å². The summed E-state index contributed by atoms with van der Waals surface area (Å²) in [6, 6.07) is 5.40. The topological polar surface area (TPSA) is 46.2 Å². The Morgan fingerprint density at radius 3 is 2.41 bits per heavy atom. The monoisotopic (exact) mass is 393 g/mol. The second-order valence-corrected chi connectivity index (χ2v) is 6.93. The van der Waals surface area contributed by atoms with Crippen LogP contribution in [0.3, 0.4) is 0 Å². The van der Waals surface area contributed by atoms with Crippen molar-refractivity contribution in [2.75, 3.05) is 5.73 Å². The predicted octanol–water partition coefficient (Wildman–Crippen LogP) is 6.33. The van der Waals surface area contributed by atoms with Gasteiger partial charge in [-0.3, -0.25) is 0 Å². The number of hydrogen-bond acceptors (Lipinski definition) is 2. The highest BCUT2D eigenvalue weighted by Crippen LogP contribution is 2.36. The van der Waals surface area contributed by atoms with Crippen LogP contribution in [0.5, 0.6) is 0 Å². The SMILES string of the molecule is CCc1c(F)c(F)cc(/C(=C\C(O)=C2CCC2)c2ccc(Cl)cc2N)c1F. The highest BCUT2D eigenvalue weighted by molar-refractivity contribution is 6.31. The van der Waals surface area contributed by atoms with Crippen molar-refractivity contribution in [1.29, 1.82) is 0 Å². The summed E-state index contributed by atoms with van der Waals surface area (Å²) in [7, 11) is 0. The van der Waals surface area contributed by atoms with E-state index >= 15 is 0 Å². The maximum Gasteiger partial charge on any atom is 0.164 e. The van der Waals surface area contributed by atoms with Gasteiger partial charge in [0.1, 0.15) is 11.6 Å². The maximum atomic E-state index is 15.0. The Hall–Kier alpha value is -2.40. The van der Waals surface area contributed by atoms with Crippen LogP contribution in [0, 0.1) is 17.5 Å². The van der Waals surface area contributed by atoms with Crippen LogP contribution in [0.2, 0.25) is 5.02 Å². The maximum absolute atomic E-state index is 15.0. The molecule has 3 rings (SSSR count). The molecule has 0 aliphatic heterocycles. The van der Waals surface area contributed by atoms with Crippen molar-refractivity contribution in [1.82, 2.24) is 0 Å². The highest BCUT2D eigenvalue weighted by Gasteiger charge is 2.23. The van der Waals surface area contributed by atoms with E-state index in [1.165, 1.54) is 12.1 Å². The number of hydrogen-bond donors (Lipinski definition) is 2. The molecule has 0 saturated heterocycles. The molecule has 0 bridgehead atoms. The minimum atomic E-state index is -1.20. The van der Waals surface area contributed by atoms with E-state index in [2.05, 4.69) is 0 Å². The second kappa shape index (κ2) is 7.69. The molecule has 0 aromatic heterocycles. The fourth-order valence-corrected chi connectivity index (χ4v) is 3.27. The van der Waals surface area contributed by atoms with Crippen LogP contribution in [0.4, 0.5) is 18.9 Å². The van der Waals surface area contributed by atoms with Crippen molar-refractivity contribution in [2.45, 2.75) is 32.6 Å². The van der Waals surface area contributed by atoms with E-state index in [-0.39, 0.29) is 34.6 Å². The molecule has 0 amide bonds. The average molecular weight is 394 g/mol. The Labute approximate surface area is 160 Å². The molecule has 142 valence electrons. The summed E-state index contributed by atoms with van der Waals surface area (Å²) in [5.74, 6) is -3.24. The van der Waals surface area contributed by atoms with Crippen molar-refractivity contribution < 1.29 is 18.3 Å². The Kier molecular flexibility index (Phi) is 5.51. The van der Waals surface area contributed by atoms with Crippen molar-refractivity contribution in [2.24, 2.45) is 0 Å². The Morgan fingerprint density at radius 2 is 1.85 bits per heavy atom. The minimum absolute atomic E-state index is 0.00668. The zero-order valence-electron chi connectivity index (χ0n) is 14.8. The number of aliphatic hydroxyl groups is 1. The molecule has 2 aromatic rings. The van der Waals surface area contributed by atoms with Gasteiger partial charge in [-0.25, -0.2) is 13.2 Å². The summed E-state index contributed by atoms with van der Waals surface area (Å²) < 4.78 is 43.1. The zero-order valence-corrected chi connectivity index (χ0v) is 15.5. The normalized spacial score (nSPS) is 14.3. The molecule has 2 aromatic carbocycles. The number of benzene rings is 2. The number of nitrogens with two attached hydrogens (primary N) is 1. The first-order valence-electron chi connectivity index (χ1n) is 8.68. The summed E-state index contributed by atoms with van der Waals surface area (Å²) in [6.07, 6.45) is 3.80. The molecule has 0 unspecified atom stereocenters. The van der Waals surface area contributed by atoms with E-state index in [9.17, 15) is 18.3 Å². The molecular weight excluding hydrogens is 375 g/mol. The fourth-order valence-electron chi connectivity index (χ4n) is 3.09. The van der Waals surface area contributed by atoms with Crippen molar-refractivity contribution in [3.8, 4) is 0 Å². The van der Waals surface area contributed by atoms with Crippen molar-refractivity contribution >= 4 is 22.9 Å². The van der Waals surface area contributed by atoms with Gasteiger partial charge in [0.2, 0.25) is 0 Å². The summed E-state index contributed by atoms with van der Waals surface area (Å²) >= 11 is 5.94. The largest absolute Gasteiger partial charge is 0.508 e. The van der Waals surface area contributed by atoms with Crippen molar-refractivity contribution in [3.63, 3.8) is 0 Å². The van der Waals surface area contributed by atoms with Crippen LogP contribution >= 0.6 is 11.6 Å². The van der Waals surface area contributed by atoms with E-state index < -0.39 is 17.5 Å². The van der Waals surface area contributed by atoms with E-state index in [1.807, 2.05) is 0 Å². The molecule has 1 fully saturated rings. The first-order valence-corrected chi connectivity index (χ1v) is 9.06. The summed E-state index contributed by atoms with van der Waals surface area (Å²) in [5, 5.41) is 10.8. The number of halogens is 4. The van der Waals surface area contributed by atoms with Gasteiger partial charge in [0.25, 0.3) is 0 Å². The first kappa shape index (κ1) is 19.4. The van der Waals surface area contributed by atoms with Gasteiger partial charge in [0.15, 0.2) is 11.6 Å².